The maximum atomic E-state index is 10.8. The summed E-state index contributed by atoms with van der Waals surface area (Å²) in [7, 11) is 1.65. The molecule has 1 N–H and O–H groups in total. The Bertz CT molecular complexity index is 771. The molecule has 3 rings (SSSR count). The van der Waals surface area contributed by atoms with E-state index < -0.39 is 4.92 Å². The van der Waals surface area contributed by atoms with Gasteiger partial charge in [0.2, 0.25) is 0 Å². The molecule has 2 heterocycles. The third-order valence-electron chi connectivity index (χ3n) is 4.22. The van der Waals surface area contributed by atoms with Gasteiger partial charge in [-0.25, -0.2) is 4.98 Å². The topological polar surface area (TPSA) is 80.5 Å². The predicted molar refractivity (Wildman–Crippen MR) is 97.8 cm³/mol. The van der Waals surface area contributed by atoms with E-state index in [4.69, 9.17) is 16.3 Å². The zero-order chi connectivity index (χ0) is 17.8. The summed E-state index contributed by atoms with van der Waals surface area (Å²) in [5, 5.41) is 14.3. The van der Waals surface area contributed by atoms with Gasteiger partial charge in [0.25, 0.3) is 5.69 Å². The summed E-state index contributed by atoms with van der Waals surface area (Å²) in [6.45, 7) is 1.76. The minimum Gasteiger partial charge on any atom is -0.497 e. The summed E-state index contributed by atoms with van der Waals surface area (Å²) in [5.41, 5.74) is 0.991. The lowest BCUT2D eigenvalue weighted by molar-refractivity contribution is -0.385. The molecule has 0 saturated carbocycles. The van der Waals surface area contributed by atoms with Crippen LogP contribution in [0.1, 0.15) is 12.8 Å². The second-order valence-electron chi connectivity index (χ2n) is 5.91. The maximum absolute atomic E-state index is 10.8. The predicted octanol–water partition coefficient (Wildman–Crippen LogP) is 3.73. The van der Waals surface area contributed by atoms with E-state index >= 15 is 0 Å². The standard InChI is InChI=1S/C17H19ClN4O3/c1-25-15-6-2-5-13(8-15)21-7-3-4-12(11-21)20-17-16(18)9-14(10-19-17)22(23)24/h2,5-6,8-10,12H,3-4,7,11H2,1H3,(H,19,20). The van der Waals surface area contributed by atoms with E-state index in [1.165, 1.54) is 12.3 Å². The Hall–Kier alpha value is -2.54. The number of hydrogen-bond donors (Lipinski definition) is 1. The van der Waals surface area contributed by atoms with Gasteiger partial charge < -0.3 is 15.0 Å². The van der Waals surface area contributed by atoms with Crippen LogP contribution in [0.15, 0.2) is 36.5 Å². The number of piperidine rings is 1. The SMILES string of the molecule is COc1cccc(N2CCCC(Nc3ncc([N+](=O)[O-])cc3Cl)C2)c1. The van der Waals surface area contributed by atoms with Gasteiger partial charge in [-0.1, -0.05) is 17.7 Å². The van der Waals surface area contributed by atoms with Crippen LogP contribution in [0.5, 0.6) is 5.75 Å². The minimum absolute atomic E-state index is 0.114. The van der Waals surface area contributed by atoms with Crippen LogP contribution in [0.25, 0.3) is 0 Å². The molecule has 8 heteroatoms. The second kappa shape index (κ2) is 7.57. The van der Waals surface area contributed by atoms with Crippen LogP contribution in [0.4, 0.5) is 17.2 Å². The molecule has 1 aliphatic rings. The summed E-state index contributed by atoms with van der Waals surface area (Å²) in [5.74, 6) is 1.30. The van der Waals surface area contributed by atoms with Gasteiger partial charge in [-0.3, -0.25) is 10.1 Å². The van der Waals surface area contributed by atoms with Crippen molar-refractivity contribution < 1.29 is 9.66 Å². The zero-order valence-electron chi connectivity index (χ0n) is 13.8. The Morgan fingerprint density at radius 2 is 2.28 bits per heavy atom. The van der Waals surface area contributed by atoms with Crippen LogP contribution in [0.2, 0.25) is 5.02 Å². The van der Waals surface area contributed by atoms with Gasteiger partial charge in [0.1, 0.15) is 17.8 Å². The van der Waals surface area contributed by atoms with E-state index in [-0.39, 0.29) is 16.8 Å². The van der Waals surface area contributed by atoms with Crippen molar-refractivity contribution in [2.24, 2.45) is 0 Å². The van der Waals surface area contributed by atoms with Crippen LogP contribution in [0.3, 0.4) is 0 Å². The number of rotatable bonds is 5. The van der Waals surface area contributed by atoms with Crippen LogP contribution in [-0.2, 0) is 0 Å². The Kier molecular flexibility index (Phi) is 5.23. The first-order valence-corrected chi connectivity index (χ1v) is 8.40. The van der Waals surface area contributed by atoms with E-state index in [2.05, 4.69) is 21.3 Å². The number of nitro groups is 1. The maximum Gasteiger partial charge on any atom is 0.289 e. The summed E-state index contributed by atoms with van der Waals surface area (Å²) < 4.78 is 5.29. The second-order valence-corrected chi connectivity index (χ2v) is 6.32. The molecule has 25 heavy (non-hydrogen) atoms. The number of anilines is 2. The Morgan fingerprint density at radius 3 is 3.00 bits per heavy atom. The number of ether oxygens (including phenoxy) is 1. The van der Waals surface area contributed by atoms with E-state index in [1.54, 1.807) is 7.11 Å². The number of hydrogen-bond acceptors (Lipinski definition) is 6. The lowest BCUT2D eigenvalue weighted by Crippen LogP contribution is -2.42. The summed E-state index contributed by atoms with van der Waals surface area (Å²) >= 11 is 6.13. The van der Waals surface area contributed by atoms with Crippen molar-refractivity contribution in [3.8, 4) is 5.75 Å². The Labute approximate surface area is 150 Å². The number of benzene rings is 1. The Balaban J connectivity index is 1.70. The van der Waals surface area contributed by atoms with Crippen molar-refractivity contribution in [3.05, 3.63) is 51.7 Å². The molecule has 1 aliphatic heterocycles. The first-order valence-electron chi connectivity index (χ1n) is 8.02. The largest absolute Gasteiger partial charge is 0.497 e. The molecule has 0 bridgehead atoms. The smallest absolute Gasteiger partial charge is 0.289 e. The van der Waals surface area contributed by atoms with Crippen molar-refractivity contribution in [3.63, 3.8) is 0 Å². The van der Waals surface area contributed by atoms with Crippen LogP contribution >= 0.6 is 11.6 Å². The van der Waals surface area contributed by atoms with Crippen molar-refractivity contribution in [2.45, 2.75) is 18.9 Å². The molecule has 1 saturated heterocycles. The van der Waals surface area contributed by atoms with E-state index in [9.17, 15) is 10.1 Å². The molecule has 132 valence electrons. The highest BCUT2D eigenvalue weighted by atomic mass is 35.5. The highest BCUT2D eigenvalue weighted by Crippen LogP contribution is 2.28. The van der Waals surface area contributed by atoms with E-state index in [0.717, 1.165) is 37.4 Å². The first kappa shape index (κ1) is 17.3. The minimum atomic E-state index is -0.506. The highest BCUT2D eigenvalue weighted by Gasteiger charge is 2.22. The average Bonchev–Trinajstić information content (AvgIpc) is 2.63. The molecule has 0 radical (unpaired) electrons. The molecule has 1 fully saturated rings. The zero-order valence-corrected chi connectivity index (χ0v) is 14.6. The summed E-state index contributed by atoms with van der Waals surface area (Å²) in [4.78, 5) is 16.6. The fraction of sp³-hybridized carbons (Fsp3) is 0.353. The van der Waals surface area contributed by atoms with Gasteiger partial charge in [0.15, 0.2) is 0 Å². The van der Waals surface area contributed by atoms with E-state index in [0.29, 0.717) is 5.82 Å². The van der Waals surface area contributed by atoms with Crippen LogP contribution in [0, 0.1) is 10.1 Å². The molecule has 1 aromatic heterocycles. The first-order chi connectivity index (χ1) is 12.1. The van der Waals surface area contributed by atoms with Crippen molar-refractivity contribution in [1.29, 1.82) is 0 Å². The van der Waals surface area contributed by atoms with Gasteiger partial charge in [-0.2, -0.15) is 0 Å². The Morgan fingerprint density at radius 1 is 1.44 bits per heavy atom. The third kappa shape index (κ3) is 4.11. The third-order valence-corrected chi connectivity index (χ3v) is 4.51. The van der Waals surface area contributed by atoms with Gasteiger partial charge in [-0.15, -0.1) is 0 Å². The lowest BCUT2D eigenvalue weighted by Gasteiger charge is -2.35. The van der Waals surface area contributed by atoms with Crippen molar-refractivity contribution in [1.82, 2.24) is 4.98 Å². The van der Waals surface area contributed by atoms with Gasteiger partial charge >= 0.3 is 0 Å². The molecule has 1 aromatic carbocycles. The molecule has 0 aliphatic carbocycles. The van der Waals surface area contributed by atoms with Crippen LogP contribution < -0.4 is 15.0 Å². The van der Waals surface area contributed by atoms with Gasteiger partial charge in [0, 0.05) is 37.0 Å². The number of halogens is 1. The number of pyridine rings is 1. The molecule has 2 aromatic rings. The quantitative estimate of drug-likeness (QED) is 0.644. The molecule has 7 nitrogen and oxygen atoms in total. The van der Waals surface area contributed by atoms with E-state index in [1.807, 2.05) is 18.2 Å². The molecular formula is C17H19ClN4O3. The number of nitrogens with zero attached hydrogens (tertiary/aromatic N) is 3. The highest BCUT2D eigenvalue weighted by molar-refractivity contribution is 6.33. The van der Waals surface area contributed by atoms with Crippen molar-refractivity contribution in [2.75, 3.05) is 30.4 Å². The molecular weight excluding hydrogens is 344 g/mol. The molecule has 1 atom stereocenters. The molecule has 0 spiro atoms. The van der Waals surface area contributed by atoms with Crippen molar-refractivity contribution >= 4 is 28.8 Å². The lowest BCUT2D eigenvalue weighted by atomic mass is 10.0. The van der Waals surface area contributed by atoms with Gasteiger partial charge in [-0.05, 0) is 25.0 Å². The average molecular weight is 363 g/mol. The molecule has 0 amide bonds. The monoisotopic (exact) mass is 362 g/mol. The van der Waals surface area contributed by atoms with Crippen LogP contribution in [-0.4, -0.2) is 36.1 Å². The number of methoxy groups -OCH3 is 1. The summed E-state index contributed by atoms with van der Waals surface area (Å²) in [6, 6.07) is 9.44. The fourth-order valence-corrected chi connectivity index (χ4v) is 3.18. The normalized spacial score (nSPS) is 17.2. The number of aromatic nitrogens is 1. The summed E-state index contributed by atoms with van der Waals surface area (Å²) in [6.07, 6.45) is 3.23. The fourth-order valence-electron chi connectivity index (χ4n) is 2.96. The van der Waals surface area contributed by atoms with Gasteiger partial charge in [0.05, 0.1) is 17.1 Å². The number of nitrogens with one attached hydrogen (secondary N) is 1. The molecule has 1 unspecified atom stereocenters.